The van der Waals surface area contributed by atoms with E-state index in [4.69, 9.17) is 19.3 Å². The molecule has 234 valence electrons. The number of aromatic hydroxyl groups is 4. The topological polar surface area (TPSA) is 255 Å². The lowest BCUT2D eigenvalue weighted by molar-refractivity contribution is -0.214. The summed E-state index contributed by atoms with van der Waals surface area (Å²) in [5.74, 6) is -8.31. The number of benzene rings is 2. The fraction of sp³-hybridized carbons (Fsp3) is 0.276. The molecule has 0 radical (unpaired) electrons. The molecule has 0 aromatic heterocycles. The summed E-state index contributed by atoms with van der Waals surface area (Å²) in [6.07, 6.45) is -4.12. The van der Waals surface area contributed by atoms with Crippen molar-refractivity contribution in [3.05, 3.63) is 59.7 Å². The van der Waals surface area contributed by atoms with Crippen molar-refractivity contribution in [2.45, 2.75) is 49.6 Å². The molecule has 0 unspecified atom stereocenters. The highest BCUT2D eigenvalue weighted by Crippen LogP contribution is 2.37. The van der Waals surface area contributed by atoms with Crippen molar-refractivity contribution in [1.29, 1.82) is 0 Å². The summed E-state index contributed by atoms with van der Waals surface area (Å²) in [6.45, 7) is 0. The molecule has 0 aliphatic heterocycles. The summed E-state index contributed by atoms with van der Waals surface area (Å²) in [7, 11) is 0. The molecule has 2 aromatic carbocycles. The second-order valence-corrected chi connectivity index (χ2v) is 9.68. The van der Waals surface area contributed by atoms with Crippen molar-refractivity contribution < 1.29 is 73.9 Å². The summed E-state index contributed by atoms with van der Waals surface area (Å²) in [6, 6.07) is 7.27. The third-order valence-electron chi connectivity index (χ3n) is 6.42. The highest BCUT2D eigenvalue weighted by Gasteiger charge is 2.56. The van der Waals surface area contributed by atoms with E-state index in [1.165, 1.54) is 24.3 Å². The van der Waals surface area contributed by atoms with Crippen LogP contribution >= 0.6 is 0 Å². The minimum absolute atomic E-state index is 0.259. The van der Waals surface area contributed by atoms with Gasteiger partial charge in [-0.25, -0.2) is 14.4 Å². The molecular formula is C29H28O15. The fourth-order valence-corrected chi connectivity index (χ4v) is 4.21. The molecule has 2 atom stereocenters. The van der Waals surface area contributed by atoms with Crippen molar-refractivity contribution in [3.8, 4) is 23.0 Å². The molecule has 0 heterocycles. The number of aliphatic hydroxyl groups excluding tert-OH is 1. The Kier molecular flexibility index (Phi) is 10.5. The number of carboxylic acid groups (broad SMARTS) is 2. The largest absolute Gasteiger partial charge is 0.504 e. The molecule has 1 aliphatic carbocycles. The zero-order valence-electron chi connectivity index (χ0n) is 22.7. The normalized spacial score (nSPS) is 21.5. The van der Waals surface area contributed by atoms with Crippen LogP contribution in [0, 0.1) is 0 Å². The number of ether oxygens (including phenoxy) is 3. The number of carbonyl (C=O) groups excluding carboxylic acids is 3. The number of hydrogen-bond donors (Lipinski definition) is 7. The van der Waals surface area contributed by atoms with Gasteiger partial charge in [-0.3, -0.25) is 9.59 Å². The van der Waals surface area contributed by atoms with Crippen LogP contribution in [-0.2, 0) is 38.2 Å². The van der Waals surface area contributed by atoms with Crippen molar-refractivity contribution in [2.75, 3.05) is 0 Å². The smallest absolute Gasteiger partial charge is 0.348 e. The zero-order chi connectivity index (χ0) is 32.6. The van der Waals surface area contributed by atoms with Crippen molar-refractivity contribution in [2.24, 2.45) is 0 Å². The maximum absolute atomic E-state index is 12.6. The number of carboxylic acids is 2. The predicted octanol–water partition coefficient (Wildman–Crippen LogP) is 1.45. The number of rotatable bonds is 11. The molecule has 0 amide bonds. The molecule has 44 heavy (non-hydrogen) atoms. The van der Waals surface area contributed by atoms with Crippen LogP contribution in [-0.4, -0.2) is 89.5 Å². The molecule has 0 spiro atoms. The van der Waals surface area contributed by atoms with E-state index in [1.54, 1.807) is 0 Å². The van der Waals surface area contributed by atoms with Crippen LogP contribution in [0.1, 0.15) is 36.8 Å². The number of phenolic OH excluding ortho intramolecular Hbond substituents is 4. The van der Waals surface area contributed by atoms with Gasteiger partial charge in [-0.15, -0.1) is 0 Å². The second-order valence-electron chi connectivity index (χ2n) is 9.68. The Bertz CT molecular complexity index is 1410. The van der Waals surface area contributed by atoms with Gasteiger partial charge in [0.15, 0.2) is 23.0 Å². The van der Waals surface area contributed by atoms with Gasteiger partial charge in [0, 0.05) is 25.0 Å². The highest BCUT2D eigenvalue weighted by atomic mass is 16.6. The SMILES string of the molecule is O=C(O)CCC(=O)OC1(C(=O)O)C[C@@H](OC(=O)/C=C/c2ccc(O)c(O)c2)C(O)[C@H](OC(=O)/C=C/c2ccc(O)c(O)c2)C1. The summed E-state index contributed by atoms with van der Waals surface area (Å²) in [5.41, 5.74) is -1.99. The zero-order valence-corrected chi connectivity index (χ0v) is 22.7. The van der Waals surface area contributed by atoms with E-state index in [0.29, 0.717) is 0 Å². The first-order valence-corrected chi connectivity index (χ1v) is 12.9. The number of hydrogen-bond acceptors (Lipinski definition) is 13. The van der Waals surface area contributed by atoms with Gasteiger partial charge < -0.3 is 50.0 Å². The Balaban J connectivity index is 1.85. The van der Waals surface area contributed by atoms with Gasteiger partial charge in [0.05, 0.1) is 12.8 Å². The van der Waals surface area contributed by atoms with Crippen molar-refractivity contribution in [1.82, 2.24) is 0 Å². The molecule has 1 saturated carbocycles. The van der Waals surface area contributed by atoms with Crippen LogP contribution in [0.15, 0.2) is 48.6 Å². The van der Waals surface area contributed by atoms with E-state index in [2.05, 4.69) is 0 Å². The van der Waals surface area contributed by atoms with Gasteiger partial charge in [0.25, 0.3) is 0 Å². The Morgan fingerprint density at radius 1 is 0.727 bits per heavy atom. The van der Waals surface area contributed by atoms with Crippen molar-refractivity contribution in [3.63, 3.8) is 0 Å². The molecule has 7 N–H and O–H groups in total. The first-order chi connectivity index (χ1) is 20.7. The van der Waals surface area contributed by atoms with E-state index in [0.717, 1.165) is 36.4 Å². The first-order valence-electron chi connectivity index (χ1n) is 12.9. The third kappa shape index (κ3) is 8.72. The van der Waals surface area contributed by atoms with Gasteiger partial charge in [-0.2, -0.15) is 0 Å². The minimum atomic E-state index is -2.51. The Morgan fingerprint density at radius 3 is 1.57 bits per heavy atom. The second kappa shape index (κ2) is 14.1. The fourth-order valence-electron chi connectivity index (χ4n) is 4.21. The summed E-state index contributed by atoms with van der Waals surface area (Å²) in [4.78, 5) is 60.8. The monoisotopic (exact) mass is 616 g/mol. The molecule has 0 bridgehead atoms. The molecule has 3 rings (SSSR count). The molecule has 1 aliphatic rings. The van der Waals surface area contributed by atoms with Crippen LogP contribution in [0.3, 0.4) is 0 Å². The Hall–Kier alpha value is -5.57. The van der Waals surface area contributed by atoms with E-state index in [9.17, 15) is 54.6 Å². The predicted molar refractivity (Wildman–Crippen MR) is 146 cm³/mol. The summed E-state index contributed by atoms with van der Waals surface area (Å²) >= 11 is 0. The van der Waals surface area contributed by atoms with Gasteiger partial charge in [-0.05, 0) is 47.5 Å². The van der Waals surface area contributed by atoms with Crippen LogP contribution in [0.2, 0.25) is 0 Å². The third-order valence-corrected chi connectivity index (χ3v) is 6.42. The number of carbonyl (C=O) groups is 5. The van der Waals surface area contributed by atoms with Crippen LogP contribution in [0.4, 0.5) is 0 Å². The van der Waals surface area contributed by atoms with Crippen LogP contribution in [0.5, 0.6) is 23.0 Å². The average molecular weight is 617 g/mol. The first kappa shape index (κ1) is 32.9. The molecule has 0 saturated heterocycles. The number of aliphatic carboxylic acids is 2. The molecule has 1 fully saturated rings. The molecule has 15 heteroatoms. The summed E-state index contributed by atoms with van der Waals surface area (Å²) in [5, 5.41) is 67.9. The highest BCUT2D eigenvalue weighted by molar-refractivity contribution is 5.89. The van der Waals surface area contributed by atoms with E-state index in [-0.39, 0.29) is 11.1 Å². The quantitative estimate of drug-likeness (QED) is 0.0816. The Labute approximate surface area is 248 Å². The molecule has 15 nitrogen and oxygen atoms in total. The van der Waals surface area contributed by atoms with Gasteiger partial charge >= 0.3 is 29.8 Å². The van der Waals surface area contributed by atoms with Gasteiger partial charge in [0.2, 0.25) is 5.60 Å². The standard InChI is InChI=1S/C29H28O15/c30-17-5-1-15(11-19(17)32)3-8-24(36)42-21-13-29(28(40)41,44-26(38)10-7-23(34)35)14-22(27(21)39)43-25(37)9-4-16-2-6-18(31)20(33)12-16/h1-6,8-9,11-12,21-22,27,30-33,39H,7,10,13-14H2,(H,34,35)(H,40,41)/b8-3+,9-4+/t21-,22-,27?,29?/m1/s1. The number of phenols is 4. The molecule has 2 aromatic rings. The minimum Gasteiger partial charge on any atom is -0.504 e. The Morgan fingerprint density at radius 2 is 1.18 bits per heavy atom. The van der Waals surface area contributed by atoms with Gasteiger partial charge in [-0.1, -0.05) is 12.1 Å². The molecular weight excluding hydrogens is 588 g/mol. The van der Waals surface area contributed by atoms with Crippen LogP contribution in [0.25, 0.3) is 12.2 Å². The van der Waals surface area contributed by atoms with E-state index < -0.39 is 102 Å². The number of esters is 3. The van der Waals surface area contributed by atoms with Gasteiger partial charge in [0.1, 0.15) is 18.3 Å². The van der Waals surface area contributed by atoms with Crippen molar-refractivity contribution >= 4 is 42.0 Å². The maximum Gasteiger partial charge on any atom is 0.348 e. The average Bonchev–Trinajstić information content (AvgIpc) is 2.95. The lowest BCUT2D eigenvalue weighted by atomic mass is 9.79. The lowest BCUT2D eigenvalue weighted by Gasteiger charge is -2.42. The van der Waals surface area contributed by atoms with Crippen LogP contribution < -0.4 is 0 Å². The maximum atomic E-state index is 12.6. The lowest BCUT2D eigenvalue weighted by Crippen LogP contribution is -2.59. The van der Waals surface area contributed by atoms with E-state index in [1.807, 2.05) is 0 Å². The van der Waals surface area contributed by atoms with E-state index >= 15 is 0 Å². The number of aliphatic hydroxyl groups is 1. The summed E-state index contributed by atoms with van der Waals surface area (Å²) < 4.78 is 15.6.